The minimum atomic E-state index is -0.378. The van der Waals surface area contributed by atoms with Gasteiger partial charge in [0.1, 0.15) is 11.5 Å². The lowest BCUT2D eigenvalue weighted by Gasteiger charge is -2.23. The van der Waals surface area contributed by atoms with Crippen LogP contribution in [-0.2, 0) is 20.7 Å². The first kappa shape index (κ1) is 25.5. The summed E-state index contributed by atoms with van der Waals surface area (Å²) in [7, 11) is 4.43. The van der Waals surface area contributed by atoms with Gasteiger partial charge in [-0.05, 0) is 72.5 Å². The highest BCUT2D eigenvalue weighted by atomic mass is 16.5. The van der Waals surface area contributed by atoms with Crippen molar-refractivity contribution >= 4 is 22.7 Å². The van der Waals surface area contributed by atoms with E-state index in [0.717, 1.165) is 33.2 Å². The van der Waals surface area contributed by atoms with E-state index in [1.54, 1.807) is 19.2 Å². The molecule has 0 atom stereocenters. The summed E-state index contributed by atoms with van der Waals surface area (Å²) in [5.41, 5.74) is 3.32. The van der Waals surface area contributed by atoms with Crippen LogP contribution in [0.5, 0.6) is 11.5 Å². The lowest BCUT2D eigenvalue weighted by atomic mass is 9.90. The highest BCUT2D eigenvalue weighted by Crippen LogP contribution is 2.42. The van der Waals surface area contributed by atoms with E-state index in [1.165, 1.54) is 46.3 Å². The Morgan fingerprint density at radius 1 is 0.861 bits per heavy atom. The van der Waals surface area contributed by atoms with Gasteiger partial charge in [-0.25, -0.2) is 4.79 Å². The summed E-state index contributed by atoms with van der Waals surface area (Å²) < 4.78 is 22.0. The van der Waals surface area contributed by atoms with E-state index < -0.39 is 0 Å². The molecule has 3 aromatic carbocycles. The fraction of sp³-hybridized carbons (Fsp3) is 0.400. The predicted octanol–water partition coefficient (Wildman–Crippen LogP) is 6.37. The Morgan fingerprint density at radius 2 is 1.67 bits per heavy atom. The standard InChI is InChI=1S/C30H34O6/c1-33-28(31)16-10-20-9-15-27(36-19-21-7-5-4-6-8-21)26(17-20)25-14-11-22-18-23(30(32)35-3)12-13-24(22)29(25)34-2/h9,11-15,17-18,21H,4-8,10,16,19H2,1-3H3. The fourth-order valence-corrected chi connectivity index (χ4v) is 4.96. The second kappa shape index (κ2) is 11.9. The van der Waals surface area contributed by atoms with E-state index in [9.17, 15) is 9.59 Å². The summed E-state index contributed by atoms with van der Waals surface area (Å²) in [6.45, 7) is 0.687. The van der Waals surface area contributed by atoms with Crippen LogP contribution in [0.25, 0.3) is 21.9 Å². The largest absolute Gasteiger partial charge is 0.495 e. The molecule has 0 saturated heterocycles. The first-order chi connectivity index (χ1) is 17.5. The maximum absolute atomic E-state index is 12.0. The molecule has 3 aromatic rings. The van der Waals surface area contributed by atoms with Gasteiger partial charge in [-0.1, -0.05) is 31.4 Å². The van der Waals surface area contributed by atoms with Gasteiger partial charge in [0.2, 0.25) is 0 Å². The molecule has 1 aliphatic carbocycles. The van der Waals surface area contributed by atoms with Crippen LogP contribution in [0.1, 0.15) is 54.4 Å². The average Bonchev–Trinajstić information content (AvgIpc) is 2.94. The third-order valence-electron chi connectivity index (χ3n) is 6.97. The van der Waals surface area contributed by atoms with Crippen LogP contribution in [0.3, 0.4) is 0 Å². The van der Waals surface area contributed by atoms with Crippen LogP contribution in [0.15, 0.2) is 48.5 Å². The van der Waals surface area contributed by atoms with Gasteiger partial charge in [-0.2, -0.15) is 0 Å². The molecular formula is C30H34O6. The maximum Gasteiger partial charge on any atom is 0.337 e. The molecule has 1 aliphatic rings. The number of carbonyl (C=O) groups is 2. The topological polar surface area (TPSA) is 71.1 Å². The number of rotatable bonds is 9. The van der Waals surface area contributed by atoms with Gasteiger partial charge in [0, 0.05) is 22.9 Å². The highest BCUT2D eigenvalue weighted by Gasteiger charge is 2.19. The van der Waals surface area contributed by atoms with Gasteiger partial charge in [0.25, 0.3) is 0 Å². The van der Waals surface area contributed by atoms with E-state index in [0.29, 0.717) is 36.7 Å². The van der Waals surface area contributed by atoms with E-state index in [4.69, 9.17) is 18.9 Å². The number of methoxy groups -OCH3 is 3. The molecular weight excluding hydrogens is 456 g/mol. The molecule has 0 unspecified atom stereocenters. The Balaban J connectivity index is 1.74. The molecule has 0 aliphatic heterocycles. The molecule has 0 radical (unpaired) electrons. The summed E-state index contributed by atoms with van der Waals surface area (Å²) in [5, 5.41) is 1.77. The number of esters is 2. The molecule has 1 fully saturated rings. The first-order valence-corrected chi connectivity index (χ1v) is 12.6. The number of hydrogen-bond donors (Lipinski definition) is 0. The second-order valence-electron chi connectivity index (χ2n) is 9.30. The minimum Gasteiger partial charge on any atom is -0.495 e. The van der Waals surface area contributed by atoms with E-state index in [1.807, 2.05) is 30.3 Å². The monoisotopic (exact) mass is 490 g/mol. The number of benzene rings is 3. The zero-order valence-corrected chi connectivity index (χ0v) is 21.3. The molecule has 6 nitrogen and oxygen atoms in total. The lowest BCUT2D eigenvalue weighted by Crippen LogP contribution is -2.15. The average molecular weight is 491 g/mol. The van der Waals surface area contributed by atoms with Crippen molar-refractivity contribution in [3.63, 3.8) is 0 Å². The van der Waals surface area contributed by atoms with Crippen molar-refractivity contribution in [2.75, 3.05) is 27.9 Å². The molecule has 0 heterocycles. The molecule has 0 spiro atoms. The van der Waals surface area contributed by atoms with Gasteiger partial charge in [0.15, 0.2) is 0 Å². The normalized spacial score (nSPS) is 13.9. The summed E-state index contributed by atoms with van der Waals surface area (Å²) in [6.07, 6.45) is 7.12. The van der Waals surface area contributed by atoms with Crippen molar-refractivity contribution in [2.45, 2.75) is 44.9 Å². The van der Waals surface area contributed by atoms with Gasteiger partial charge in [-0.3, -0.25) is 4.79 Å². The Kier molecular flexibility index (Phi) is 8.47. The highest BCUT2D eigenvalue weighted by molar-refractivity contribution is 6.00. The van der Waals surface area contributed by atoms with Crippen molar-refractivity contribution in [1.82, 2.24) is 0 Å². The fourth-order valence-electron chi connectivity index (χ4n) is 4.96. The summed E-state index contributed by atoms with van der Waals surface area (Å²) >= 11 is 0. The van der Waals surface area contributed by atoms with Crippen LogP contribution >= 0.6 is 0 Å². The summed E-state index contributed by atoms with van der Waals surface area (Å²) in [6, 6.07) is 15.5. The molecule has 1 saturated carbocycles. The molecule has 0 bridgehead atoms. The Labute approximate surface area is 212 Å². The van der Waals surface area contributed by atoms with Gasteiger partial charge < -0.3 is 18.9 Å². The van der Waals surface area contributed by atoms with Gasteiger partial charge in [0.05, 0.1) is 33.5 Å². The smallest absolute Gasteiger partial charge is 0.337 e. The minimum absolute atomic E-state index is 0.237. The Hall–Kier alpha value is -3.54. The van der Waals surface area contributed by atoms with Gasteiger partial charge in [-0.15, -0.1) is 0 Å². The third-order valence-corrected chi connectivity index (χ3v) is 6.97. The van der Waals surface area contributed by atoms with Gasteiger partial charge >= 0.3 is 11.9 Å². The third kappa shape index (κ3) is 5.81. The van der Waals surface area contributed by atoms with Crippen molar-refractivity contribution in [3.8, 4) is 22.6 Å². The van der Waals surface area contributed by atoms with Crippen molar-refractivity contribution in [1.29, 1.82) is 0 Å². The molecule has 0 amide bonds. The molecule has 6 heteroatoms. The summed E-state index contributed by atoms with van der Waals surface area (Å²) in [5.74, 6) is 1.46. The molecule has 36 heavy (non-hydrogen) atoms. The number of aryl methyl sites for hydroxylation is 1. The van der Waals surface area contributed by atoms with Crippen LogP contribution < -0.4 is 9.47 Å². The number of fused-ring (bicyclic) bond motifs is 1. The predicted molar refractivity (Wildman–Crippen MR) is 140 cm³/mol. The molecule has 0 aromatic heterocycles. The van der Waals surface area contributed by atoms with E-state index >= 15 is 0 Å². The molecule has 0 N–H and O–H groups in total. The zero-order chi connectivity index (χ0) is 25.5. The van der Waals surface area contributed by atoms with Crippen molar-refractivity contribution in [2.24, 2.45) is 5.92 Å². The zero-order valence-electron chi connectivity index (χ0n) is 21.3. The number of hydrogen-bond acceptors (Lipinski definition) is 6. The van der Waals surface area contributed by atoms with Crippen LogP contribution in [0.2, 0.25) is 0 Å². The van der Waals surface area contributed by atoms with Crippen LogP contribution in [0.4, 0.5) is 0 Å². The van der Waals surface area contributed by atoms with Crippen LogP contribution in [-0.4, -0.2) is 39.9 Å². The summed E-state index contributed by atoms with van der Waals surface area (Å²) in [4.78, 5) is 23.7. The quantitative estimate of drug-likeness (QED) is 0.325. The molecule has 4 rings (SSSR count). The first-order valence-electron chi connectivity index (χ1n) is 12.6. The number of ether oxygens (including phenoxy) is 4. The number of carbonyl (C=O) groups excluding carboxylic acids is 2. The van der Waals surface area contributed by atoms with E-state index in [-0.39, 0.29) is 11.9 Å². The van der Waals surface area contributed by atoms with Crippen molar-refractivity contribution in [3.05, 3.63) is 59.7 Å². The van der Waals surface area contributed by atoms with E-state index in [2.05, 4.69) is 6.07 Å². The SMILES string of the molecule is COC(=O)CCc1ccc(OCC2CCCCC2)c(-c2ccc3cc(C(=O)OC)ccc3c2OC)c1. The maximum atomic E-state index is 12.0. The molecule has 190 valence electrons. The van der Waals surface area contributed by atoms with Crippen LogP contribution in [0, 0.1) is 5.92 Å². The Bertz CT molecular complexity index is 1230. The Morgan fingerprint density at radius 3 is 2.39 bits per heavy atom. The van der Waals surface area contributed by atoms with Crippen molar-refractivity contribution < 1.29 is 28.5 Å². The lowest BCUT2D eigenvalue weighted by molar-refractivity contribution is -0.140. The second-order valence-corrected chi connectivity index (χ2v) is 9.30.